The van der Waals surface area contributed by atoms with E-state index < -0.39 is 0 Å². The number of aromatic amines is 1. The van der Waals surface area contributed by atoms with Crippen molar-refractivity contribution >= 4 is 0 Å². The standard InChI is InChI=1S/C17H24N4/c1-21-9-7-14(8-10-21)11-18-12-16-13-19-20-17(16)15-5-3-2-4-6-15/h2-6,13-14,18H,7-12H2,1H3,(H,19,20). The molecule has 1 fully saturated rings. The summed E-state index contributed by atoms with van der Waals surface area (Å²) in [6.45, 7) is 4.45. The Morgan fingerprint density at radius 2 is 2.00 bits per heavy atom. The molecule has 1 aromatic heterocycles. The third kappa shape index (κ3) is 3.71. The molecule has 3 rings (SSSR count). The fraction of sp³-hybridized carbons (Fsp3) is 0.471. The molecular weight excluding hydrogens is 260 g/mol. The first kappa shape index (κ1) is 14.3. The molecule has 4 nitrogen and oxygen atoms in total. The molecule has 1 aliphatic rings. The highest BCUT2D eigenvalue weighted by Crippen LogP contribution is 2.21. The summed E-state index contributed by atoms with van der Waals surface area (Å²) in [6.07, 6.45) is 4.55. The molecule has 1 aromatic carbocycles. The van der Waals surface area contributed by atoms with Gasteiger partial charge in [0.2, 0.25) is 0 Å². The van der Waals surface area contributed by atoms with Crippen LogP contribution < -0.4 is 5.32 Å². The predicted molar refractivity (Wildman–Crippen MR) is 86.0 cm³/mol. The molecule has 0 unspecified atom stereocenters. The van der Waals surface area contributed by atoms with Crippen molar-refractivity contribution < 1.29 is 0 Å². The third-order valence-corrected chi connectivity index (χ3v) is 4.37. The van der Waals surface area contributed by atoms with Crippen molar-refractivity contribution in [1.82, 2.24) is 20.4 Å². The topological polar surface area (TPSA) is 44.0 Å². The van der Waals surface area contributed by atoms with Gasteiger partial charge in [-0.25, -0.2) is 0 Å². The lowest BCUT2D eigenvalue weighted by atomic mass is 9.97. The van der Waals surface area contributed by atoms with Gasteiger partial charge in [-0.15, -0.1) is 0 Å². The Labute approximate surface area is 126 Å². The maximum Gasteiger partial charge on any atom is 0.0695 e. The minimum Gasteiger partial charge on any atom is -0.312 e. The fourth-order valence-corrected chi connectivity index (χ4v) is 2.98. The molecule has 21 heavy (non-hydrogen) atoms. The van der Waals surface area contributed by atoms with E-state index in [0.717, 1.165) is 24.7 Å². The normalized spacial score (nSPS) is 17.2. The number of nitrogens with one attached hydrogen (secondary N) is 2. The molecule has 0 amide bonds. The third-order valence-electron chi connectivity index (χ3n) is 4.37. The first-order valence-electron chi connectivity index (χ1n) is 7.80. The van der Waals surface area contributed by atoms with Gasteiger partial charge in [0.1, 0.15) is 0 Å². The number of rotatable bonds is 5. The summed E-state index contributed by atoms with van der Waals surface area (Å²) in [4.78, 5) is 2.42. The monoisotopic (exact) mass is 284 g/mol. The molecule has 0 aliphatic carbocycles. The lowest BCUT2D eigenvalue weighted by Gasteiger charge is -2.29. The molecule has 1 saturated heterocycles. The average Bonchev–Trinajstić information content (AvgIpc) is 2.99. The van der Waals surface area contributed by atoms with Crippen LogP contribution in [0.25, 0.3) is 11.3 Å². The maximum atomic E-state index is 4.20. The molecule has 1 aliphatic heterocycles. The zero-order valence-electron chi connectivity index (χ0n) is 12.7. The highest BCUT2D eigenvalue weighted by Gasteiger charge is 2.16. The van der Waals surface area contributed by atoms with Crippen LogP contribution in [-0.2, 0) is 6.54 Å². The second-order valence-corrected chi connectivity index (χ2v) is 6.01. The van der Waals surface area contributed by atoms with Crippen molar-refractivity contribution in [3.8, 4) is 11.3 Å². The zero-order chi connectivity index (χ0) is 14.5. The molecular formula is C17H24N4. The van der Waals surface area contributed by atoms with Crippen molar-refractivity contribution in [2.24, 2.45) is 5.92 Å². The van der Waals surface area contributed by atoms with E-state index in [1.54, 1.807) is 0 Å². The van der Waals surface area contributed by atoms with E-state index in [9.17, 15) is 0 Å². The first-order chi connectivity index (χ1) is 10.3. The molecule has 0 bridgehead atoms. The minimum atomic E-state index is 0.813. The van der Waals surface area contributed by atoms with Gasteiger partial charge in [-0.2, -0.15) is 5.10 Å². The second-order valence-electron chi connectivity index (χ2n) is 6.01. The average molecular weight is 284 g/mol. The molecule has 0 saturated carbocycles. The lowest BCUT2D eigenvalue weighted by molar-refractivity contribution is 0.216. The van der Waals surface area contributed by atoms with Crippen LogP contribution in [0.2, 0.25) is 0 Å². The largest absolute Gasteiger partial charge is 0.312 e. The van der Waals surface area contributed by atoms with E-state index in [4.69, 9.17) is 0 Å². The molecule has 0 radical (unpaired) electrons. The van der Waals surface area contributed by atoms with E-state index in [1.807, 2.05) is 12.3 Å². The van der Waals surface area contributed by atoms with E-state index in [1.165, 1.54) is 37.1 Å². The summed E-state index contributed by atoms with van der Waals surface area (Å²) < 4.78 is 0. The van der Waals surface area contributed by atoms with Gasteiger partial charge in [-0.3, -0.25) is 5.10 Å². The Morgan fingerprint density at radius 1 is 1.24 bits per heavy atom. The van der Waals surface area contributed by atoms with E-state index in [2.05, 4.69) is 51.7 Å². The second kappa shape index (κ2) is 6.87. The van der Waals surface area contributed by atoms with Crippen LogP contribution in [0.15, 0.2) is 36.5 Å². The Bertz CT molecular complexity index is 541. The molecule has 0 atom stereocenters. The Kier molecular flexibility index (Phi) is 4.68. The highest BCUT2D eigenvalue weighted by atomic mass is 15.1. The molecule has 2 aromatic rings. The highest BCUT2D eigenvalue weighted by molar-refractivity contribution is 5.62. The van der Waals surface area contributed by atoms with Gasteiger partial charge in [-0.1, -0.05) is 30.3 Å². The quantitative estimate of drug-likeness (QED) is 0.886. The van der Waals surface area contributed by atoms with Crippen molar-refractivity contribution in [3.63, 3.8) is 0 Å². The van der Waals surface area contributed by atoms with Crippen molar-refractivity contribution in [3.05, 3.63) is 42.1 Å². The number of hydrogen-bond donors (Lipinski definition) is 2. The molecule has 4 heteroatoms. The van der Waals surface area contributed by atoms with E-state index in [0.29, 0.717) is 0 Å². The van der Waals surface area contributed by atoms with Gasteiger partial charge in [0.05, 0.1) is 11.9 Å². The van der Waals surface area contributed by atoms with E-state index in [-0.39, 0.29) is 0 Å². The first-order valence-corrected chi connectivity index (χ1v) is 7.80. The summed E-state index contributed by atoms with van der Waals surface area (Å²) in [5, 5.41) is 10.9. The van der Waals surface area contributed by atoms with Gasteiger partial charge < -0.3 is 10.2 Å². The van der Waals surface area contributed by atoms with Crippen LogP contribution in [-0.4, -0.2) is 41.8 Å². The van der Waals surface area contributed by atoms with Gasteiger partial charge in [0, 0.05) is 12.1 Å². The van der Waals surface area contributed by atoms with Gasteiger partial charge in [0.25, 0.3) is 0 Å². The van der Waals surface area contributed by atoms with Crippen molar-refractivity contribution in [2.75, 3.05) is 26.7 Å². The minimum absolute atomic E-state index is 0.813. The smallest absolute Gasteiger partial charge is 0.0695 e. The van der Waals surface area contributed by atoms with Gasteiger partial charge in [0.15, 0.2) is 0 Å². The molecule has 2 N–H and O–H groups in total. The summed E-state index contributed by atoms with van der Waals surface area (Å²) in [5.41, 5.74) is 3.58. The Morgan fingerprint density at radius 3 is 2.76 bits per heavy atom. The zero-order valence-corrected chi connectivity index (χ0v) is 12.7. The number of piperidine rings is 1. The van der Waals surface area contributed by atoms with Crippen LogP contribution in [0.1, 0.15) is 18.4 Å². The van der Waals surface area contributed by atoms with Gasteiger partial charge >= 0.3 is 0 Å². The number of aromatic nitrogens is 2. The molecule has 112 valence electrons. The van der Waals surface area contributed by atoms with Crippen molar-refractivity contribution in [2.45, 2.75) is 19.4 Å². The summed E-state index contributed by atoms with van der Waals surface area (Å²) in [6, 6.07) is 10.4. The number of hydrogen-bond acceptors (Lipinski definition) is 3. The summed E-state index contributed by atoms with van der Waals surface area (Å²) >= 11 is 0. The molecule has 0 spiro atoms. The summed E-state index contributed by atoms with van der Waals surface area (Å²) in [7, 11) is 2.21. The number of nitrogens with zero attached hydrogens (tertiary/aromatic N) is 2. The number of likely N-dealkylation sites (tertiary alicyclic amines) is 1. The van der Waals surface area contributed by atoms with Crippen LogP contribution in [0.3, 0.4) is 0 Å². The Balaban J connectivity index is 1.53. The van der Waals surface area contributed by atoms with Crippen LogP contribution >= 0.6 is 0 Å². The van der Waals surface area contributed by atoms with Crippen LogP contribution in [0.5, 0.6) is 0 Å². The number of H-pyrrole nitrogens is 1. The van der Waals surface area contributed by atoms with Crippen LogP contribution in [0, 0.1) is 5.92 Å². The Hall–Kier alpha value is -1.65. The lowest BCUT2D eigenvalue weighted by Crippen LogP contribution is -2.34. The van der Waals surface area contributed by atoms with E-state index >= 15 is 0 Å². The fourth-order valence-electron chi connectivity index (χ4n) is 2.98. The summed E-state index contributed by atoms with van der Waals surface area (Å²) in [5.74, 6) is 0.813. The SMILES string of the molecule is CN1CCC(CNCc2cn[nH]c2-c2ccccc2)CC1. The predicted octanol–water partition coefficient (Wildman–Crippen LogP) is 2.51. The maximum absolute atomic E-state index is 4.20. The number of benzene rings is 1. The molecule has 2 heterocycles. The van der Waals surface area contributed by atoms with Gasteiger partial charge in [-0.05, 0) is 51.0 Å². The van der Waals surface area contributed by atoms with Crippen molar-refractivity contribution in [1.29, 1.82) is 0 Å². The van der Waals surface area contributed by atoms with Crippen LogP contribution in [0.4, 0.5) is 0 Å².